The Labute approximate surface area is 103 Å². The predicted octanol–water partition coefficient (Wildman–Crippen LogP) is 3.39. The van der Waals surface area contributed by atoms with Gasteiger partial charge in [-0.05, 0) is 17.9 Å². The van der Waals surface area contributed by atoms with E-state index in [2.05, 4.69) is 16.9 Å². The fraction of sp³-hybridized carbons (Fsp3) is 0.273. The molecule has 0 fully saturated rings. The van der Waals surface area contributed by atoms with E-state index >= 15 is 0 Å². The van der Waals surface area contributed by atoms with Gasteiger partial charge in [-0.2, -0.15) is 0 Å². The molecule has 0 saturated carbocycles. The van der Waals surface area contributed by atoms with Gasteiger partial charge in [0.2, 0.25) is 0 Å². The van der Waals surface area contributed by atoms with Crippen molar-refractivity contribution in [1.29, 1.82) is 0 Å². The van der Waals surface area contributed by atoms with Crippen LogP contribution in [-0.4, -0.2) is 9.97 Å². The number of nitrogens with zero attached hydrogens (tertiary/aromatic N) is 2. The van der Waals surface area contributed by atoms with Gasteiger partial charge >= 0.3 is 0 Å². The average molecular weight is 254 g/mol. The molecule has 2 aromatic rings. The van der Waals surface area contributed by atoms with Crippen LogP contribution in [0.4, 0.5) is 5.82 Å². The molecule has 84 valence electrons. The molecule has 0 amide bonds. The van der Waals surface area contributed by atoms with Gasteiger partial charge in [-0.1, -0.05) is 24.9 Å². The van der Waals surface area contributed by atoms with E-state index in [-0.39, 0.29) is 0 Å². The second-order valence-corrected chi connectivity index (χ2v) is 4.76. The number of anilines is 1. The fourth-order valence-electron chi connectivity index (χ4n) is 1.58. The van der Waals surface area contributed by atoms with Crippen LogP contribution in [0.25, 0.3) is 10.6 Å². The molecule has 2 heterocycles. The first-order valence-electron chi connectivity index (χ1n) is 5.06. The molecule has 0 unspecified atom stereocenters. The van der Waals surface area contributed by atoms with Crippen molar-refractivity contribution in [2.75, 3.05) is 5.73 Å². The highest BCUT2D eigenvalue weighted by atomic mass is 35.5. The molecule has 2 aromatic heterocycles. The Hall–Kier alpha value is -1.13. The van der Waals surface area contributed by atoms with Crippen molar-refractivity contribution >= 4 is 28.8 Å². The van der Waals surface area contributed by atoms with E-state index in [4.69, 9.17) is 17.3 Å². The molecule has 2 N–H and O–H groups in total. The number of nitrogen functional groups attached to an aromatic ring is 1. The lowest BCUT2D eigenvalue weighted by molar-refractivity contribution is 0.909. The van der Waals surface area contributed by atoms with E-state index in [1.54, 1.807) is 11.3 Å². The Bertz CT molecular complexity index is 496. The number of nitrogens with two attached hydrogens (primary N) is 1. The molecule has 5 heteroatoms. The lowest BCUT2D eigenvalue weighted by atomic mass is 10.1. The molecule has 0 aliphatic carbocycles. The Morgan fingerprint density at radius 2 is 2.25 bits per heavy atom. The van der Waals surface area contributed by atoms with Crippen molar-refractivity contribution in [3.63, 3.8) is 0 Å². The summed E-state index contributed by atoms with van der Waals surface area (Å²) in [4.78, 5) is 9.29. The van der Waals surface area contributed by atoms with Gasteiger partial charge < -0.3 is 5.73 Å². The fourth-order valence-corrected chi connectivity index (χ4v) is 2.75. The van der Waals surface area contributed by atoms with Gasteiger partial charge in [0.15, 0.2) is 0 Å². The number of thiophene rings is 1. The van der Waals surface area contributed by atoms with Crippen LogP contribution in [0.1, 0.15) is 18.9 Å². The highest BCUT2D eigenvalue weighted by molar-refractivity contribution is 7.14. The summed E-state index contributed by atoms with van der Waals surface area (Å²) >= 11 is 7.68. The zero-order chi connectivity index (χ0) is 11.5. The minimum atomic E-state index is 0.552. The molecule has 0 atom stereocenters. The van der Waals surface area contributed by atoms with Gasteiger partial charge in [-0.25, -0.2) is 9.97 Å². The number of hydrogen-bond donors (Lipinski definition) is 1. The molecule has 0 aromatic carbocycles. The standard InChI is InChI=1S/C11H12ClN3S/c1-2-3-7-9(14-6-15-11(7)13)10-8(12)4-5-16-10/h4-6H,2-3H2,1H3,(H2,13,14,15). The first kappa shape index (κ1) is 11.4. The summed E-state index contributed by atoms with van der Waals surface area (Å²) < 4.78 is 0. The molecule has 0 bridgehead atoms. The highest BCUT2D eigenvalue weighted by Crippen LogP contribution is 2.35. The van der Waals surface area contributed by atoms with Crippen molar-refractivity contribution in [3.8, 4) is 10.6 Å². The van der Waals surface area contributed by atoms with Gasteiger partial charge in [0.05, 0.1) is 15.6 Å². The second-order valence-electron chi connectivity index (χ2n) is 3.43. The normalized spacial score (nSPS) is 10.6. The van der Waals surface area contributed by atoms with Crippen LogP contribution >= 0.6 is 22.9 Å². The SMILES string of the molecule is CCCc1c(N)ncnc1-c1sccc1Cl. The molecule has 0 aliphatic rings. The van der Waals surface area contributed by atoms with E-state index in [1.165, 1.54) is 6.33 Å². The topological polar surface area (TPSA) is 51.8 Å². The first-order valence-corrected chi connectivity index (χ1v) is 6.32. The highest BCUT2D eigenvalue weighted by Gasteiger charge is 2.14. The third kappa shape index (κ3) is 2.03. The summed E-state index contributed by atoms with van der Waals surface area (Å²) in [6.45, 7) is 2.10. The van der Waals surface area contributed by atoms with E-state index < -0.39 is 0 Å². The first-order chi connectivity index (χ1) is 7.74. The van der Waals surface area contributed by atoms with Gasteiger partial charge in [0, 0.05) is 5.56 Å². The van der Waals surface area contributed by atoms with Crippen LogP contribution in [0.5, 0.6) is 0 Å². The molecule has 0 aliphatic heterocycles. The van der Waals surface area contributed by atoms with Crippen LogP contribution < -0.4 is 5.73 Å². The van der Waals surface area contributed by atoms with Crippen molar-refractivity contribution < 1.29 is 0 Å². The summed E-state index contributed by atoms with van der Waals surface area (Å²) in [5.74, 6) is 0.552. The summed E-state index contributed by atoms with van der Waals surface area (Å²) in [6, 6.07) is 1.87. The van der Waals surface area contributed by atoms with Crippen LogP contribution in [0.3, 0.4) is 0 Å². The van der Waals surface area contributed by atoms with E-state index in [9.17, 15) is 0 Å². The molecule has 0 saturated heterocycles. The molecular weight excluding hydrogens is 242 g/mol. The minimum Gasteiger partial charge on any atom is -0.383 e. The maximum absolute atomic E-state index is 6.11. The maximum atomic E-state index is 6.11. The predicted molar refractivity (Wildman–Crippen MR) is 68.8 cm³/mol. The summed E-state index contributed by atoms with van der Waals surface area (Å²) in [5, 5.41) is 2.67. The van der Waals surface area contributed by atoms with Crippen LogP contribution in [-0.2, 0) is 6.42 Å². The van der Waals surface area contributed by atoms with Crippen molar-refractivity contribution in [2.24, 2.45) is 0 Å². The van der Waals surface area contributed by atoms with E-state index in [0.29, 0.717) is 5.82 Å². The Kier molecular flexibility index (Phi) is 3.41. The van der Waals surface area contributed by atoms with Gasteiger partial charge in [-0.3, -0.25) is 0 Å². The minimum absolute atomic E-state index is 0.552. The van der Waals surface area contributed by atoms with Gasteiger partial charge in [0.25, 0.3) is 0 Å². The monoisotopic (exact) mass is 253 g/mol. The number of halogens is 1. The summed E-state index contributed by atoms with van der Waals surface area (Å²) in [7, 11) is 0. The maximum Gasteiger partial charge on any atom is 0.130 e. The lowest BCUT2D eigenvalue weighted by Crippen LogP contribution is -2.01. The third-order valence-electron chi connectivity index (χ3n) is 2.31. The van der Waals surface area contributed by atoms with Crippen molar-refractivity contribution in [2.45, 2.75) is 19.8 Å². The van der Waals surface area contributed by atoms with E-state index in [0.717, 1.165) is 34.0 Å². The van der Waals surface area contributed by atoms with Crippen molar-refractivity contribution in [1.82, 2.24) is 9.97 Å². The van der Waals surface area contributed by atoms with Gasteiger partial charge in [0.1, 0.15) is 12.1 Å². The Morgan fingerprint density at radius 1 is 1.44 bits per heavy atom. The summed E-state index contributed by atoms with van der Waals surface area (Å²) in [6.07, 6.45) is 3.36. The summed E-state index contributed by atoms with van der Waals surface area (Å²) in [5.41, 5.74) is 7.74. The largest absolute Gasteiger partial charge is 0.383 e. The smallest absolute Gasteiger partial charge is 0.130 e. The zero-order valence-electron chi connectivity index (χ0n) is 8.90. The number of rotatable bonds is 3. The molecule has 2 rings (SSSR count). The molecule has 3 nitrogen and oxygen atoms in total. The van der Waals surface area contributed by atoms with Crippen LogP contribution in [0.2, 0.25) is 5.02 Å². The Balaban J connectivity index is 2.56. The second kappa shape index (κ2) is 4.80. The number of hydrogen-bond acceptors (Lipinski definition) is 4. The van der Waals surface area contributed by atoms with E-state index in [1.807, 2.05) is 11.4 Å². The quantitative estimate of drug-likeness (QED) is 0.912. The molecule has 0 spiro atoms. The third-order valence-corrected chi connectivity index (χ3v) is 3.66. The Morgan fingerprint density at radius 3 is 2.88 bits per heavy atom. The molecular formula is C11H12ClN3S. The van der Waals surface area contributed by atoms with Crippen LogP contribution in [0.15, 0.2) is 17.8 Å². The van der Waals surface area contributed by atoms with Crippen LogP contribution in [0, 0.1) is 0 Å². The molecule has 0 radical (unpaired) electrons. The average Bonchev–Trinajstić information content (AvgIpc) is 2.68. The van der Waals surface area contributed by atoms with Crippen molar-refractivity contribution in [3.05, 3.63) is 28.4 Å². The molecule has 16 heavy (non-hydrogen) atoms. The zero-order valence-corrected chi connectivity index (χ0v) is 10.5. The van der Waals surface area contributed by atoms with Gasteiger partial charge in [-0.15, -0.1) is 11.3 Å². The number of aromatic nitrogens is 2. The lowest BCUT2D eigenvalue weighted by Gasteiger charge is -2.08.